The summed E-state index contributed by atoms with van der Waals surface area (Å²) >= 11 is 0. The largest absolute Gasteiger partial charge is 0.508 e. The molecule has 0 aromatic heterocycles. The summed E-state index contributed by atoms with van der Waals surface area (Å²) in [5, 5.41) is 10.6. The van der Waals surface area contributed by atoms with Crippen LogP contribution in [0.15, 0.2) is 18.2 Å². The van der Waals surface area contributed by atoms with Gasteiger partial charge < -0.3 is 14.9 Å². The number of nitrogens with zero attached hydrogens (tertiary/aromatic N) is 2. The molecule has 2 bridgehead atoms. The predicted molar refractivity (Wildman–Crippen MR) is 117 cm³/mol. The lowest BCUT2D eigenvalue weighted by Crippen LogP contribution is -2.65. The van der Waals surface area contributed by atoms with Crippen LogP contribution >= 0.6 is 0 Å². The second-order valence-corrected chi connectivity index (χ2v) is 10.6. The van der Waals surface area contributed by atoms with Gasteiger partial charge in [-0.2, -0.15) is 0 Å². The Hall–Kier alpha value is -2.04. The number of hydrogen-bond donors (Lipinski definition) is 1. The molecule has 1 saturated carbocycles. The van der Waals surface area contributed by atoms with Crippen LogP contribution in [0, 0.1) is 17.3 Å². The highest BCUT2D eigenvalue weighted by atomic mass is 16.3. The normalized spacial score (nSPS) is 32.3. The number of hydrogen-bond acceptors (Lipinski definition) is 3. The quantitative estimate of drug-likeness (QED) is 0.805. The second kappa shape index (κ2) is 7.28. The standard InChI is InChI=1S/C25H36N2O3/c1-24(2)21-15-18-19(7-6-8-20(18)28)25(24,3)13-14-27(21)23(30)17-11-9-16(10-12-17)22(29)26(4)5/h6-8,16-17,21,28H,9-15H2,1-5H3/t16?,17?,21-,25-/m0/s1. The third-order valence-corrected chi connectivity index (χ3v) is 8.78. The summed E-state index contributed by atoms with van der Waals surface area (Å²) in [6.45, 7) is 7.65. The smallest absolute Gasteiger partial charge is 0.225 e. The number of carbonyl (C=O) groups excluding carboxylic acids is 2. The average molecular weight is 413 g/mol. The van der Waals surface area contributed by atoms with Crippen LogP contribution in [0.1, 0.15) is 64.0 Å². The highest BCUT2D eigenvalue weighted by Gasteiger charge is 2.57. The summed E-state index contributed by atoms with van der Waals surface area (Å²) in [5.74, 6) is 0.877. The van der Waals surface area contributed by atoms with Gasteiger partial charge in [0.15, 0.2) is 0 Å². The van der Waals surface area contributed by atoms with Crippen LogP contribution in [0.4, 0.5) is 0 Å². The molecule has 1 N–H and O–H groups in total. The van der Waals surface area contributed by atoms with Crippen LogP contribution in [0.25, 0.3) is 0 Å². The SMILES string of the molecule is CN(C)C(=O)C1CCC(C(=O)N2CC[C@@]3(C)c4cccc(O)c4C[C@H]2C3(C)C)CC1. The molecule has 2 amide bonds. The molecule has 2 atom stereocenters. The Kier molecular flexibility index (Phi) is 5.14. The number of benzene rings is 1. The predicted octanol–water partition coefficient (Wildman–Crippen LogP) is 3.73. The van der Waals surface area contributed by atoms with E-state index in [4.69, 9.17) is 0 Å². The number of piperidine rings is 1. The number of likely N-dealkylation sites (tertiary alicyclic amines) is 1. The first-order chi connectivity index (χ1) is 14.1. The van der Waals surface area contributed by atoms with E-state index in [0.29, 0.717) is 12.2 Å². The molecule has 1 aromatic rings. The summed E-state index contributed by atoms with van der Waals surface area (Å²) in [5.41, 5.74) is 2.14. The molecule has 1 heterocycles. The zero-order valence-electron chi connectivity index (χ0n) is 19.1. The molecule has 2 aliphatic carbocycles. The van der Waals surface area contributed by atoms with Crippen molar-refractivity contribution in [2.45, 2.75) is 70.8 Å². The zero-order chi connectivity index (χ0) is 21.8. The summed E-state index contributed by atoms with van der Waals surface area (Å²) in [6.07, 6.45) is 4.82. The van der Waals surface area contributed by atoms with Crippen molar-refractivity contribution in [3.05, 3.63) is 29.3 Å². The van der Waals surface area contributed by atoms with Gasteiger partial charge in [0.25, 0.3) is 0 Å². The molecule has 1 aromatic carbocycles. The van der Waals surface area contributed by atoms with E-state index in [9.17, 15) is 14.7 Å². The van der Waals surface area contributed by atoms with Crippen molar-refractivity contribution in [3.63, 3.8) is 0 Å². The van der Waals surface area contributed by atoms with Crippen molar-refractivity contribution in [2.75, 3.05) is 20.6 Å². The van der Waals surface area contributed by atoms with E-state index in [0.717, 1.165) is 44.2 Å². The van der Waals surface area contributed by atoms with E-state index in [2.05, 4.69) is 31.7 Å². The summed E-state index contributed by atoms with van der Waals surface area (Å²) < 4.78 is 0. The van der Waals surface area contributed by atoms with Crippen molar-refractivity contribution < 1.29 is 14.7 Å². The van der Waals surface area contributed by atoms with Gasteiger partial charge in [0.1, 0.15) is 5.75 Å². The molecule has 0 spiro atoms. The van der Waals surface area contributed by atoms with Crippen LogP contribution in [0.2, 0.25) is 0 Å². The molecule has 5 heteroatoms. The fraction of sp³-hybridized carbons (Fsp3) is 0.680. The van der Waals surface area contributed by atoms with Gasteiger partial charge in [-0.25, -0.2) is 0 Å². The van der Waals surface area contributed by atoms with Crippen molar-refractivity contribution >= 4 is 11.8 Å². The minimum Gasteiger partial charge on any atom is -0.508 e. The fourth-order valence-corrected chi connectivity index (χ4v) is 6.38. The summed E-state index contributed by atoms with van der Waals surface area (Å²) in [4.78, 5) is 29.7. The van der Waals surface area contributed by atoms with Gasteiger partial charge in [0.05, 0.1) is 0 Å². The molecule has 3 aliphatic rings. The summed E-state index contributed by atoms with van der Waals surface area (Å²) in [7, 11) is 3.62. The second-order valence-electron chi connectivity index (χ2n) is 10.6. The monoisotopic (exact) mass is 412 g/mol. The van der Waals surface area contributed by atoms with Crippen molar-refractivity contribution in [1.82, 2.24) is 9.80 Å². The molecule has 0 radical (unpaired) electrons. The third kappa shape index (κ3) is 3.04. The lowest BCUT2D eigenvalue weighted by atomic mass is 9.51. The van der Waals surface area contributed by atoms with Gasteiger partial charge in [0, 0.05) is 43.9 Å². The minimum absolute atomic E-state index is 0.0159. The number of phenols is 1. The van der Waals surface area contributed by atoms with E-state index in [1.54, 1.807) is 11.0 Å². The molecule has 164 valence electrons. The van der Waals surface area contributed by atoms with E-state index in [1.165, 1.54) is 5.56 Å². The Balaban J connectivity index is 1.56. The Morgan fingerprint density at radius 2 is 1.70 bits per heavy atom. The lowest BCUT2D eigenvalue weighted by molar-refractivity contribution is -0.150. The maximum Gasteiger partial charge on any atom is 0.225 e. The van der Waals surface area contributed by atoms with E-state index >= 15 is 0 Å². The van der Waals surface area contributed by atoms with Gasteiger partial charge >= 0.3 is 0 Å². The first-order valence-electron chi connectivity index (χ1n) is 11.4. The molecule has 1 aliphatic heterocycles. The third-order valence-electron chi connectivity index (χ3n) is 8.78. The first-order valence-corrected chi connectivity index (χ1v) is 11.4. The number of amides is 2. The average Bonchev–Trinajstić information content (AvgIpc) is 2.70. The van der Waals surface area contributed by atoms with Gasteiger partial charge in [-0.1, -0.05) is 32.9 Å². The van der Waals surface area contributed by atoms with Crippen LogP contribution in [0.5, 0.6) is 5.75 Å². The van der Waals surface area contributed by atoms with Crippen molar-refractivity contribution in [1.29, 1.82) is 0 Å². The van der Waals surface area contributed by atoms with Gasteiger partial charge in [-0.05, 0) is 61.1 Å². The number of carbonyl (C=O) groups is 2. The van der Waals surface area contributed by atoms with Crippen LogP contribution in [0.3, 0.4) is 0 Å². The highest BCUT2D eigenvalue weighted by Crippen LogP contribution is 2.57. The first kappa shape index (κ1) is 21.2. The van der Waals surface area contributed by atoms with Crippen molar-refractivity contribution in [2.24, 2.45) is 17.3 Å². The van der Waals surface area contributed by atoms with Crippen LogP contribution in [-0.2, 0) is 21.4 Å². The Morgan fingerprint density at radius 3 is 2.33 bits per heavy atom. The number of aromatic hydroxyl groups is 1. The number of phenolic OH excluding ortho intramolecular Hbond substituents is 1. The Labute approximate surface area is 180 Å². The van der Waals surface area contributed by atoms with E-state index in [1.807, 2.05) is 20.2 Å². The highest BCUT2D eigenvalue weighted by molar-refractivity contribution is 5.81. The molecule has 4 rings (SSSR count). The maximum atomic E-state index is 13.6. The lowest BCUT2D eigenvalue weighted by Gasteiger charge is -2.61. The minimum atomic E-state index is -0.0696. The zero-order valence-corrected chi connectivity index (χ0v) is 19.1. The summed E-state index contributed by atoms with van der Waals surface area (Å²) in [6, 6.07) is 5.96. The van der Waals surface area contributed by atoms with E-state index < -0.39 is 0 Å². The van der Waals surface area contributed by atoms with Gasteiger partial charge in [-0.15, -0.1) is 0 Å². The maximum absolute atomic E-state index is 13.6. The number of fused-ring (bicyclic) bond motifs is 4. The van der Waals surface area contributed by atoms with E-state index in [-0.39, 0.29) is 40.5 Å². The van der Waals surface area contributed by atoms with Gasteiger partial charge in [-0.3, -0.25) is 9.59 Å². The topological polar surface area (TPSA) is 60.9 Å². The van der Waals surface area contributed by atoms with Crippen LogP contribution in [-0.4, -0.2) is 53.4 Å². The molecule has 30 heavy (non-hydrogen) atoms. The Bertz CT molecular complexity index is 854. The number of rotatable bonds is 2. The van der Waals surface area contributed by atoms with Crippen molar-refractivity contribution in [3.8, 4) is 5.75 Å². The molecule has 0 unspecified atom stereocenters. The molecular weight excluding hydrogens is 376 g/mol. The van der Waals surface area contributed by atoms with Gasteiger partial charge in [0.2, 0.25) is 11.8 Å². The molecule has 5 nitrogen and oxygen atoms in total. The van der Waals surface area contributed by atoms with Crippen LogP contribution < -0.4 is 0 Å². The Morgan fingerprint density at radius 1 is 1.07 bits per heavy atom. The fourth-order valence-electron chi connectivity index (χ4n) is 6.38. The molecular formula is C25H36N2O3. The molecule has 1 saturated heterocycles. The molecule has 2 fully saturated rings.